The van der Waals surface area contributed by atoms with Crippen molar-refractivity contribution in [1.82, 2.24) is 5.32 Å². The van der Waals surface area contributed by atoms with Crippen molar-refractivity contribution in [1.29, 1.82) is 0 Å². The summed E-state index contributed by atoms with van der Waals surface area (Å²) in [4.78, 5) is 11.6. The highest BCUT2D eigenvalue weighted by molar-refractivity contribution is 5.76. The molecular formula is C14H26N2O. The van der Waals surface area contributed by atoms with Crippen LogP contribution in [0.1, 0.15) is 51.9 Å². The third-order valence-corrected chi connectivity index (χ3v) is 3.54. The van der Waals surface area contributed by atoms with E-state index >= 15 is 0 Å². The molecule has 17 heavy (non-hydrogen) atoms. The van der Waals surface area contributed by atoms with Gasteiger partial charge in [0.2, 0.25) is 5.91 Å². The average Bonchev–Trinajstić information content (AvgIpc) is 2.37. The third kappa shape index (κ3) is 5.87. The van der Waals surface area contributed by atoms with Gasteiger partial charge in [0.15, 0.2) is 0 Å². The highest BCUT2D eigenvalue weighted by Gasteiger charge is 2.10. The molecule has 1 atom stereocenters. The molecular weight excluding hydrogens is 212 g/mol. The zero-order valence-electron chi connectivity index (χ0n) is 11.0. The van der Waals surface area contributed by atoms with Gasteiger partial charge in [0.05, 0.1) is 0 Å². The molecule has 0 saturated heterocycles. The molecule has 3 heteroatoms. The monoisotopic (exact) mass is 238 g/mol. The number of allylic oxidation sites excluding steroid dienone is 1. The van der Waals surface area contributed by atoms with E-state index in [0.717, 1.165) is 19.4 Å². The van der Waals surface area contributed by atoms with Crippen LogP contribution in [0.2, 0.25) is 0 Å². The quantitative estimate of drug-likeness (QED) is 0.669. The SMILES string of the molecule is CCC(CN)CC(=O)NCCC1=CCCCC1. The van der Waals surface area contributed by atoms with Crippen LogP contribution in [-0.4, -0.2) is 19.0 Å². The second kappa shape index (κ2) is 8.29. The normalized spacial score (nSPS) is 17.4. The molecule has 3 N–H and O–H groups in total. The van der Waals surface area contributed by atoms with Gasteiger partial charge < -0.3 is 11.1 Å². The first-order valence-electron chi connectivity index (χ1n) is 6.91. The first kappa shape index (κ1) is 14.2. The molecule has 0 aliphatic heterocycles. The molecule has 0 spiro atoms. The lowest BCUT2D eigenvalue weighted by Crippen LogP contribution is -2.29. The number of amides is 1. The minimum atomic E-state index is 0.152. The van der Waals surface area contributed by atoms with E-state index in [4.69, 9.17) is 5.73 Å². The maximum Gasteiger partial charge on any atom is 0.220 e. The summed E-state index contributed by atoms with van der Waals surface area (Å²) in [6, 6.07) is 0. The molecule has 0 heterocycles. The average molecular weight is 238 g/mol. The number of rotatable bonds is 7. The fraction of sp³-hybridized carbons (Fsp3) is 0.786. The van der Waals surface area contributed by atoms with Crippen molar-refractivity contribution in [3.05, 3.63) is 11.6 Å². The van der Waals surface area contributed by atoms with E-state index in [2.05, 4.69) is 18.3 Å². The van der Waals surface area contributed by atoms with Crippen molar-refractivity contribution in [3.8, 4) is 0 Å². The predicted octanol–water partition coefficient (Wildman–Crippen LogP) is 2.37. The highest BCUT2D eigenvalue weighted by Crippen LogP contribution is 2.19. The smallest absolute Gasteiger partial charge is 0.220 e. The van der Waals surface area contributed by atoms with Crippen LogP contribution < -0.4 is 11.1 Å². The summed E-state index contributed by atoms with van der Waals surface area (Å²) >= 11 is 0. The Morgan fingerprint density at radius 2 is 2.35 bits per heavy atom. The maximum atomic E-state index is 11.6. The Balaban J connectivity index is 2.13. The standard InChI is InChI=1S/C14H26N2O/c1-2-12(11-15)10-14(17)16-9-8-13-6-4-3-5-7-13/h6,12H,2-5,7-11,15H2,1H3,(H,16,17). The molecule has 0 fully saturated rings. The van der Waals surface area contributed by atoms with Crippen LogP contribution in [0, 0.1) is 5.92 Å². The molecule has 0 aromatic carbocycles. The van der Waals surface area contributed by atoms with E-state index in [1.165, 1.54) is 31.3 Å². The number of nitrogens with two attached hydrogens (primary N) is 1. The molecule has 0 bridgehead atoms. The lowest BCUT2D eigenvalue weighted by Gasteiger charge is -2.14. The summed E-state index contributed by atoms with van der Waals surface area (Å²) in [5.74, 6) is 0.489. The fourth-order valence-electron chi connectivity index (χ4n) is 2.22. The fourth-order valence-corrected chi connectivity index (χ4v) is 2.22. The Morgan fingerprint density at radius 3 is 2.94 bits per heavy atom. The third-order valence-electron chi connectivity index (χ3n) is 3.54. The zero-order chi connectivity index (χ0) is 12.5. The molecule has 1 amide bonds. The molecule has 0 aromatic rings. The summed E-state index contributed by atoms with van der Waals surface area (Å²) < 4.78 is 0. The lowest BCUT2D eigenvalue weighted by molar-refractivity contribution is -0.121. The van der Waals surface area contributed by atoms with Crippen LogP contribution in [0.5, 0.6) is 0 Å². The summed E-state index contributed by atoms with van der Waals surface area (Å²) in [5, 5.41) is 2.99. The van der Waals surface area contributed by atoms with Crippen molar-refractivity contribution >= 4 is 5.91 Å². The van der Waals surface area contributed by atoms with E-state index in [1.54, 1.807) is 0 Å². The van der Waals surface area contributed by atoms with E-state index in [0.29, 0.717) is 18.9 Å². The largest absolute Gasteiger partial charge is 0.356 e. The molecule has 1 aliphatic rings. The molecule has 0 radical (unpaired) electrons. The first-order chi connectivity index (χ1) is 8.26. The van der Waals surface area contributed by atoms with Crippen LogP contribution >= 0.6 is 0 Å². The van der Waals surface area contributed by atoms with Crippen molar-refractivity contribution in [2.75, 3.05) is 13.1 Å². The first-order valence-corrected chi connectivity index (χ1v) is 6.91. The second-order valence-electron chi connectivity index (χ2n) is 4.92. The van der Waals surface area contributed by atoms with Gasteiger partial charge in [-0.25, -0.2) is 0 Å². The van der Waals surface area contributed by atoms with Crippen molar-refractivity contribution in [3.63, 3.8) is 0 Å². The number of nitrogens with one attached hydrogen (secondary N) is 1. The number of hydrogen-bond donors (Lipinski definition) is 2. The van der Waals surface area contributed by atoms with Crippen LogP contribution in [0.25, 0.3) is 0 Å². The molecule has 3 nitrogen and oxygen atoms in total. The molecule has 0 aromatic heterocycles. The predicted molar refractivity (Wildman–Crippen MR) is 71.6 cm³/mol. The molecule has 0 saturated carbocycles. The Hall–Kier alpha value is -0.830. The lowest BCUT2D eigenvalue weighted by atomic mass is 9.97. The Bertz CT molecular complexity index is 257. The van der Waals surface area contributed by atoms with Gasteiger partial charge in [0, 0.05) is 13.0 Å². The molecule has 1 aliphatic carbocycles. The van der Waals surface area contributed by atoms with E-state index in [1.807, 2.05) is 0 Å². The van der Waals surface area contributed by atoms with Gasteiger partial charge >= 0.3 is 0 Å². The zero-order valence-corrected chi connectivity index (χ0v) is 11.0. The van der Waals surface area contributed by atoms with Gasteiger partial charge in [0.1, 0.15) is 0 Å². The van der Waals surface area contributed by atoms with Gasteiger partial charge in [-0.15, -0.1) is 0 Å². The molecule has 1 rings (SSSR count). The van der Waals surface area contributed by atoms with Crippen molar-refractivity contribution < 1.29 is 4.79 Å². The summed E-state index contributed by atoms with van der Waals surface area (Å²) in [7, 11) is 0. The summed E-state index contributed by atoms with van der Waals surface area (Å²) in [6.45, 7) is 3.47. The van der Waals surface area contributed by atoms with Crippen molar-refractivity contribution in [2.24, 2.45) is 11.7 Å². The van der Waals surface area contributed by atoms with Gasteiger partial charge in [-0.2, -0.15) is 0 Å². The maximum absolute atomic E-state index is 11.6. The van der Waals surface area contributed by atoms with Crippen LogP contribution in [0.3, 0.4) is 0 Å². The summed E-state index contributed by atoms with van der Waals surface area (Å²) in [6.07, 6.45) is 9.98. The molecule has 98 valence electrons. The van der Waals surface area contributed by atoms with Crippen molar-refractivity contribution in [2.45, 2.75) is 51.9 Å². The minimum absolute atomic E-state index is 0.152. The van der Waals surface area contributed by atoms with Gasteiger partial charge in [-0.05, 0) is 44.6 Å². The summed E-state index contributed by atoms with van der Waals surface area (Å²) in [5.41, 5.74) is 7.10. The van der Waals surface area contributed by atoms with Gasteiger partial charge in [0.25, 0.3) is 0 Å². The number of carbonyl (C=O) groups excluding carboxylic acids is 1. The van der Waals surface area contributed by atoms with E-state index in [9.17, 15) is 4.79 Å². The topological polar surface area (TPSA) is 55.1 Å². The Morgan fingerprint density at radius 1 is 1.53 bits per heavy atom. The Labute approximate surface area is 105 Å². The Kier molecular flexibility index (Phi) is 6.94. The van der Waals surface area contributed by atoms with Crippen LogP contribution in [0.15, 0.2) is 11.6 Å². The highest BCUT2D eigenvalue weighted by atomic mass is 16.1. The van der Waals surface area contributed by atoms with Gasteiger partial charge in [-0.3, -0.25) is 4.79 Å². The van der Waals surface area contributed by atoms with Crippen LogP contribution in [-0.2, 0) is 4.79 Å². The van der Waals surface area contributed by atoms with Crippen LogP contribution in [0.4, 0.5) is 0 Å². The van der Waals surface area contributed by atoms with Gasteiger partial charge in [-0.1, -0.05) is 25.0 Å². The number of carbonyl (C=O) groups is 1. The van der Waals surface area contributed by atoms with E-state index in [-0.39, 0.29) is 5.91 Å². The number of hydrogen-bond acceptors (Lipinski definition) is 2. The van der Waals surface area contributed by atoms with E-state index < -0.39 is 0 Å². The molecule has 1 unspecified atom stereocenters. The second-order valence-corrected chi connectivity index (χ2v) is 4.92. The minimum Gasteiger partial charge on any atom is -0.356 e.